The maximum absolute atomic E-state index is 4.58. The van der Waals surface area contributed by atoms with Gasteiger partial charge in [-0.3, -0.25) is 4.57 Å². The Bertz CT molecular complexity index is 566. The van der Waals surface area contributed by atoms with Gasteiger partial charge in [0.05, 0.1) is 0 Å². The van der Waals surface area contributed by atoms with Crippen molar-refractivity contribution in [3.05, 3.63) is 18.7 Å². The number of hydrogen-bond donors (Lipinski definition) is 1. The van der Waals surface area contributed by atoms with E-state index in [9.17, 15) is 0 Å². The Morgan fingerprint density at radius 1 is 1.20 bits per heavy atom. The first-order chi connectivity index (χ1) is 9.78. The fourth-order valence-electron chi connectivity index (χ4n) is 2.48. The molecule has 1 aliphatic rings. The Balaban J connectivity index is 1.99. The second kappa shape index (κ2) is 5.44. The van der Waals surface area contributed by atoms with E-state index < -0.39 is 0 Å². The topological polar surface area (TPSA) is 71.8 Å². The van der Waals surface area contributed by atoms with Crippen LogP contribution in [0.5, 0.6) is 0 Å². The zero-order valence-corrected chi connectivity index (χ0v) is 11.8. The maximum atomic E-state index is 4.58. The van der Waals surface area contributed by atoms with Crippen LogP contribution in [0.3, 0.4) is 0 Å². The summed E-state index contributed by atoms with van der Waals surface area (Å²) >= 11 is 0. The van der Waals surface area contributed by atoms with Crippen LogP contribution in [-0.4, -0.2) is 44.1 Å². The van der Waals surface area contributed by atoms with Gasteiger partial charge in [-0.1, -0.05) is 0 Å². The monoisotopic (exact) mass is 273 g/mol. The Morgan fingerprint density at radius 3 is 2.75 bits per heavy atom. The number of nitrogens with one attached hydrogen (secondary N) is 1. The molecule has 7 nitrogen and oxygen atoms in total. The highest BCUT2D eigenvalue weighted by atomic mass is 15.3. The molecule has 0 bridgehead atoms. The summed E-state index contributed by atoms with van der Waals surface area (Å²) in [6.07, 6.45) is 8.88. The molecule has 2 aromatic rings. The van der Waals surface area contributed by atoms with Crippen molar-refractivity contribution in [3.63, 3.8) is 0 Å². The lowest BCUT2D eigenvalue weighted by Gasteiger charge is -2.33. The van der Waals surface area contributed by atoms with Gasteiger partial charge in [0, 0.05) is 32.0 Å². The number of aromatic nitrogens is 5. The Hall–Kier alpha value is -2.18. The molecule has 1 saturated heterocycles. The molecule has 1 aliphatic heterocycles. The van der Waals surface area contributed by atoms with Crippen LogP contribution in [0.2, 0.25) is 0 Å². The molecule has 0 amide bonds. The predicted molar refractivity (Wildman–Crippen MR) is 77.2 cm³/mol. The summed E-state index contributed by atoms with van der Waals surface area (Å²) < 4.78 is 1.79. The SMILES string of the molecule is CNc1nc(N2CCCCC2C)nc(-n2ccnc2)n1. The van der Waals surface area contributed by atoms with E-state index >= 15 is 0 Å². The summed E-state index contributed by atoms with van der Waals surface area (Å²) in [4.78, 5) is 19.8. The van der Waals surface area contributed by atoms with Gasteiger partial charge in [0.2, 0.25) is 17.8 Å². The normalized spacial score (nSPS) is 19.1. The van der Waals surface area contributed by atoms with E-state index in [0.717, 1.165) is 12.5 Å². The van der Waals surface area contributed by atoms with Crippen molar-refractivity contribution in [2.75, 3.05) is 23.8 Å². The maximum Gasteiger partial charge on any atom is 0.241 e. The zero-order chi connectivity index (χ0) is 13.9. The van der Waals surface area contributed by atoms with Crippen LogP contribution in [0.4, 0.5) is 11.9 Å². The molecule has 0 aliphatic carbocycles. The van der Waals surface area contributed by atoms with Gasteiger partial charge in [0.15, 0.2) is 0 Å². The summed E-state index contributed by atoms with van der Waals surface area (Å²) in [6.45, 7) is 3.22. The van der Waals surface area contributed by atoms with Gasteiger partial charge in [-0.25, -0.2) is 4.98 Å². The van der Waals surface area contributed by atoms with Gasteiger partial charge in [0.25, 0.3) is 0 Å². The second-order valence-corrected chi connectivity index (χ2v) is 5.02. The van der Waals surface area contributed by atoms with Crippen LogP contribution in [0, 0.1) is 0 Å². The smallest absolute Gasteiger partial charge is 0.241 e. The minimum Gasteiger partial charge on any atom is -0.357 e. The molecule has 20 heavy (non-hydrogen) atoms. The third kappa shape index (κ3) is 2.43. The van der Waals surface area contributed by atoms with Gasteiger partial charge in [0.1, 0.15) is 6.33 Å². The first kappa shape index (κ1) is 12.8. The lowest BCUT2D eigenvalue weighted by molar-refractivity contribution is 0.476. The number of nitrogens with zero attached hydrogens (tertiary/aromatic N) is 6. The van der Waals surface area contributed by atoms with Crippen LogP contribution in [0.15, 0.2) is 18.7 Å². The summed E-state index contributed by atoms with van der Waals surface area (Å²) in [5, 5.41) is 3.00. The van der Waals surface area contributed by atoms with E-state index in [2.05, 4.69) is 37.1 Å². The molecule has 0 aromatic carbocycles. The van der Waals surface area contributed by atoms with Crippen LogP contribution in [0.1, 0.15) is 26.2 Å². The third-order valence-corrected chi connectivity index (χ3v) is 3.63. The first-order valence-electron chi connectivity index (χ1n) is 6.97. The van der Waals surface area contributed by atoms with Crippen molar-refractivity contribution >= 4 is 11.9 Å². The number of piperidine rings is 1. The minimum absolute atomic E-state index is 0.464. The minimum atomic E-state index is 0.464. The van der Waals surface area contributed by atoms with Crippen LogP contribution in [0.25, 0.3) is 5.95 Å². The van der Waals surface area contributed by atoms with Gasteiger partial charge in [-0.2, -0.15) is 15.0 Å². The van der Waals surface area contributed by atoms with Crippen LogP contribution < -0.4 is 10.2 Å². The van der Waals surface area contributed by atoms with Crippen molar-refractivity contribution in [2.45, 2.75) is 32.2 Å². The van der Waals surface area contributed by atoms with E-state index in [1.54, 1.807) is 17.1 Å². The van der Waals surface area contributed by atoms with Crippen molar-refractivity contribution in [1.29, 1.82) is 0 Å². The summed E-state index contributed by atoms with van der Waals surface area (Å²) in [6, 6.07) is 0.464. The number of rotatable bonds is 3. The molecule has 106 valence electrons. The fourth-order valence-corrected chi connectivity index (χ4v) is 2.48. The summed E-state index contributed by atoms with van der Waals surface area (Å²) in [5.74, 6) is 1.91. The molecular weight excluding hydrogens is 254 g/mol. The van der Waals surface area contributed by atoms with E-state index in [4.69, 9.17) is 0 Å². The molecule has 2 aromatic heterocycles. The third-order valence-electron chi connectivity index (χ3n) is 3.63. The molecular formula is C13H19N7. The number of hydrogen-bond acceptors (Lipinski definition) is 6. The first-order valence-corrected chi connectivity index (χ1v) is 6.97. The van der Waals surface area contributed by atoms with Crippen molar-refractivity contribution in [3.8, 4) is 5.95 Å². The van der Waals surface area contributed by atoms with E-state index in [1.807, 2.05) is 13.2 Å². The molecule has 1 atom stereocenters. The molecule has 3 rings (SSSR count). The van der Waals surface area contributed by atoms with Crippen molar-refractivity contribution in [2.24, 2.45) is 0 Å². The number of imidazole rings is 1. The average molecular weight is 273 g/mol. The van der Waals surface area contributed by atoms with Crippen LogP contribution in [-0.2, 0) is 0 Å². The molecule has 0 radical (unpaired) electrons. The second-order valence-electron chi connectivity index (χ2n) is 5.02. The lowest BCUT2D eigenvalue weighted by Crippen LogP contribution is -2.39. The lowest BCUT2D eigenvalue weighted by atomic mass is 10.0. The fraction of sp³-hybridized carbons (Fsp3) is 0.538. The van der Waals surface area contributed by atoms with Gasteiger partial charge in [-0.05, 0) is 26.2 Å². The Morgan fingerprint density at radius 2 is 2.05 bits per heavy atom. The van der Waals surface area contributed by atoms with Gasteiger partial charge < -0.3 is 10.2 Å². The zero-order valence-electron chi connectivity index (χ0n) is 11.8. The van der Waals surface area contributed by atoms with E-state index in [-0.39, 0.29) is 0 Å². The van der Waals surface area contributed by atoms with Crippen molar-refractivity contribution in [1.82, 2.24) is 24.5 Å². The van der Waals surface area contributed by atoms with Gasteiger partial charge in [-0.15, -0.1) is 0 Å². The summed E-state index contributed by atoms with van der Waals surface area (Å²) in [5.41, 5.74) is 0. The highest BCUT2D eigenvalue weighted by molar-refractivity contribution is 5.41. The molecule has 3 heterocycles. The average Bonchev–Trinajstić information content (AvgIpc) is 3.01. The van der Waals surface area contributed by atoms with E-state index in [1.165, 1.54) is 19.3 Å². The Kier molecular flexibility index (Phi) is 3.49. The molecule has 1 fully saturated rings. The highest BCUT2D eigenvalue weighted by Gasteiger charge is 2.22. The summed E-state index contributed by atoms with van der Waals surface area (Å²) in [7, 11) is 1.82. The molecule has 1 unspecified atom stereocenters. The number of anilines is 2. The standard InChI is InChI=1S/C13H19N7/c1-10-5-3-4-7-20(10)13-17-11(14-2)16-12(18-13)19-8-6-15-9-19/h6,8-10H,3-5,7H2,1-2H3,(H,14,16,17,18). The molecule has 0 spiro atoms. The predicted octanol–water partition coefficient (Wildman–Crippen LogP) is 1.48. The van der Waals surface area contributed by atoms with Crippen LogP contribution >= 0.6 is 0 Å². The van der Waals surface area contributed by atoms with Gasteiger partial charge >= 0.3 is 0 Å². The molecule has 7 heteroatoms. The molecule has 0 saturated carbocycles. The van der Waals surface area contributed by atoms with E-state index in [0.29, 0.717) is 17.9 Å². The van der Waals surface area contributed by atoms with Crippen molar-refractivity contribution < 1.29 is 0 Å². The quantitative estimate of drug-likeness (QED) is 0.913. The molecule has 1 N–H and O–H groups in total. The Labute approximate surface area is 118 Å². The highest BCUT2D eigenvalue weighted by Crippen LogP contribution is 2.22. The largest absolute Gasteiger partial charge is 0.357 e.